The fourth-order valence-electron chi connectivity index (χ4n) is 1.67. The van der Waals surface area contributed by atoms with Crippen molar-refractivity contribution in [3.8, 4) is 5.75 Å². The van der Waals surface area contributed by atoms with Gasteiger partial charge in [-0.2, -0.15) is 0 Å². The largest absolute Gasteiger partial charge is 0.486 e. The van der Waals surface area contributed by atoms with Crippen LogP contribution in [-0.4, -0.2) is 0 Å². The fraction of sp³-hybridized carbons (Fsp3) is 0.143. The topological polar surface area (TPSA) is 35.2 Å². The number of nitrogens with two attached hydrogens (primary N) is 1. The summed E-state index contributed by atoms with van der Waals surface area (Å²) < 4.78 is 44.6. The van der Waals surface area contributed by atoms with Gasteiger partial charge in [0.05, 0.1) is 0 Å². The molecule has 0 bridgehead atoms. The van der Waals surface area contributed by atoms with E-state index in [1.807, 2.05) is 0 Å². The van der Waals surface area contributed by atoms with Gasteiger partial charge in [-0.25, -0.2) is 13.2 Å². The smallest absolute Gasteiger partial charge is 0.165 e. The molecule has 0 saturated heterocycles. The van der Waals surface area contributed by atoms with E-state index in [2.05, 4.69) is 0 Å². The summed E-state index contributed by atoms with van der Waals surface area (Å²) in [4.78, 5) is 0. The maximum atomic E-state index is 13.3. The van der Waals surface area contributed by atoms with Gasteiger partial charge in [-0.3, -0.25) is 0 Å². The third kappa shape index (κ3) is 3.48. The molecule has 0 amide bonds. The van der Waals surface area contributed by atoms with Gasteiger partial charge in [0.1, 0.15) is 18.2 Å². The molecule has 0 aromatic heterocycles. The van der Waals surface area contributed by atoms with E-state index in [4.69, 9.17) is 10.5 Å². The molecule has 0 saturated carbocycles. The zero-order valence-electron chi connectivity index (χ0n) is 10.00. The molecule has 0 heterocycles. The Kier molecular flexibility index (Phi) is 4.06. The first-order valence-electron chi connectivity index (χ1n) is 5.65. The molecule has 0 aliphatic rings. The summed E-state index contributed by atoms with van der Waals surface area (Å²) in [5.74, 6) is -1.92. The summed E-state index contributed by atoms with van der Waals surface area (Å²) in [5, 5.41) is 0. The van der Waals surface area contributed by atoms with Crippen LogP contribution in [0.1, 0.15) is 11.1 Å². The normalized spacial score (nSPS) is 10.5. The van der Waals surface area contributed by atoms with E-state index in [9.17, 15) is 13.2 Å². The summed E-state index contributed by atoms with van der Waals surface area (Å²) in [5.41, 5.74) is 6.54. The fourth-order valence-corrected chi connectivity index (χ4v) is 1.67. The Bertz CT molecular complexity index is 587. The van der Waals surface area contributed by atoms with Gasteiger partial charge in [0.15, 0.2) is 11.6 Å². The summed E-state index contributed by atoms with van der Waals surface area (Å²) in [7, 11) is 0. The van der Waals surface area contributed by atoms with Crippen molar-refractivity contribution in [1.29, 1.82) is 0 Å². The molecule has 2 rings (SSSR count). The number of ether oxygens (including phenoxy) is 1. The van der Waals surface area contributed by atoms with Crippen LogP contribution < -0.4 is 10.5 Å². The monoisotopic (exact) mass is 267 g/mol. The molecule has 2 nitrogen and oxygen atoms in total. The minimum Gasteiger partial charge on any atom is -0.486 e. The van der Waals surface area contributed by atoms with Crippen LogP contribution in [0.5, 0.6) is 5.75 Å². The van der Waals surface area contributed by atoms with Crippen molar-refractivity contribution in [3.05, 3.63) is 65.0 Å². The predicted molar refractivity (Wildman–Crippen MR) is 65.0 cm³/mol. The second kappa shape index (κ2) is 5.75. The molecule has 0 aliphatic carbocycles. The maximum Gasteiger partial charge on any atom is 0.165 e. The standard InChI is InChI=1S/C14H12F3NO/c15-11-1-2-13(17)14(6-11)19-8-10-3-9(7-18)4-12(16)5-10/h1-6H,7-8,18H2. The van der Waals surface area contributed by atoms with E-state index in [1.165, 1.54) is 12.1 Å². The number of benzene rings is 2. The lowest BCUT2D eigenvalue weighted by atomic mass is 10.1. The molecule has 0 aliphatic heterocycles. The number of hydrogen-bond donors (Lipinski definition) is 1. The van der Waals surface area contributed by atoms with Gasteiger partial charge < -0.3 is 10.5 Å². The highest BCUT2D eigenvalue weighted by Gasteiger charge is 2.06. The molecule has 0 unspecified atom stereocenters. The lowest BCUT2D eigenvalue weighted by molar-refractivity contribution is 0.288. The van der Waals surface area contributed by atoms with Gasteiger partial charge >= 0.3 is 0 Å². The first-order valence-corrected chi connectivity index (χ1v) is 5.65. The molecular weight excluding hydrogens is 255 g/mol. The second-order valence-electron chi connectivity index (χ2n) is 4.04. The Labute approximate surface area is 108 Å². The van der Waals surface area contributed by atoms with Crippen LogP contribution in [0.4, 0.5) is 13.2 Å². The van der Waals surface area contributed by atoms with E-state index in [0.29, 0.717) is 11.1 Å². The third-order valence-electron chi connectivity index (χ3n) is 2.54. The first-order chi connectivity index (χ1) is 9.08. The average Bonchev–Trinajstić information content (AvgIpc) is 2.39. The van der Waals surface area contributed by atoms with Gasteiger partial charge in [-0.15, -0.1) is 0 Å². The number of rotatable bonds is 4. The Morgan fingerprint density at radius 1 is 0.895 bits per heavy atom. The van der Waals surface area contributed by atoms with Crippen molar-refractivity contribution in [1.82, 2.24) is 0 Å². The van der Waals surface area contributed by atoms with Crippen molar-refractivity contribution in [2.75, 3.05) is 0 Å². The van der Waals surface area contributed by atoms with Crippen molar-refractivity contribution >= 4 is 0 Å². The van der Waals surface area contributed by atoms with Crippen LogP contribution in [0, 0.1) is 17.5 Å². The van der Waals surface area contributed by atoms with Gasteiger partial charge in [-0.1, -0.05) is 6.07 Å². The molecule has 0 radical (unpaired) electrons. The van der Waals surface area contributed by atoms with E-state index in [0.717, 1.165) is 18.2 Å². The number of halogens is 3. The Morgan fingerprint density at radius 3 is 2.37 bits per heavy atom. The van der Waals surface area contributed by atoms with Crippen LogP contribution in [0.2, 0.25) is 0 Å². The highest BCUT2D eigenvalue weighted by molar-refractivity contribution is 5.27. The van der Waals surface area contributed by atoms with Gasteiger partial charge in [0.25, 0.3) is 0 Å². The second-order valence-corrected chi connectivity index (χ2v) is 4.04. The zero-order chi connectivity index (χ0) is 13.8. The van der Waals surface area contributed by atoms with Crippen LogP contribution in [0.15, 0.2) is 36.4 Å². The molecule has 2 N–H and O–H groups in total. The highest BCUT2D eigenvalue weighted by atomic mass is 19.1. The first kappa shape index (κ1) is 13.4. The molecule has 0 spiro atoms. The van der Waals surface area contributed by atoms with E-state index < -0.39 is 17.5 Å². The van der Waals surface area contributed by atoms with Crippen LogP contribution in [-0.2, 0) is 13.2 Å². The van der Waals surface area contributed by atoms with Gasteiger partial charge in [-0.05, 0) is 35.4 Å². The Balaban J connectivity index is 2.14. The van der Waals surface area contributed by atoms with E-state index in [-0.39, 0.29) is 18.9 Å². The SMILES string of the molecule is NCc1cc(F)cc(COc2cc(F)ccc2F)c1. The minimum absolute atomic E-state index is 0.0644. The zero-order valence-corrected chi connectivity index (χ0v) is 10.00. The lowest BCUT2D eigenvalue weighted by Crippen LogP contribution is -2.02. The summed E-state index contributed by atoms with van der Waals surface area (Å²) in [6.07, 6.45) is 0. The van der Waals surface area contributed by atoms with Crippen molar-refractivity contribution in [2.24, 2.45) is 5.73 Å². The van der Waals surface area contributed by atoms with Crippen molar-refractivity contribution in [3.63, 3.8) is 0 Å². The van der Waals surface area contributed by atoms with Crippen molar-refractivity contribution < 1.29 is 17.9 Å². The molecule has 100 valence electrons. The van der Waals surface area contributed by atoms with Crippen LogP contribution in [0.25, 0.3) is 0 Å². The molecular formula is C14H12F3NO. The quantitative estimate of drug-likeness (QED) is 0.923. The molecule has 2 aromatic rings. The molecule has 5 heteroatoms. The van der Waals surface area contributed by atoms with Gasteiger partial charge in [0, 0.05) is 12.6 Å². The average molecular weight is 267 g/mol. The third-order valence-corrected chi connectivity index (χ3v) is 2.54. The predicted octanol–water partition coefficient (Wildman–Crippen LogP) is 3.14. The van der Waals surface area contributed by atoms with Crippen LogP contribution >= 0.6 is 0 Å². The highest BCUT2D eigenvalue weighted by Crippen LogP contribution is 2.20. The van der Waals surface area contributed by atoms with E-state index >= 15 is 0 Å². The summed E-state index contributed by atoms with van der Waals surface area (Å²) in [6.45, 7) is 0.129. The lowest BCUT2D eigenvalue weighted by Gasteiger charge is -2.08. The molecule has 19 heavy (non-hydrogen) atoms. The maximum absolute atomic E-state index is 13.3. The van der Waals surface area contributed by atoms with Crippen LogP contribution in [0.3, 0.4) is 0 Å². The summed E-state index contributed by atoms with van der Waals surface area (Å²) >= 11 is 0. The van der Waals surface area contributed by atoms with E-state index in [1.54, 1.807) is 6.07 Å². The summed E-state index contributed by atoms with van der Waals surface area (Å²) in [6, 6.07) is 7.14. The Hall–Kier alpha value is -2.01. The van der Waals surface area contributed by atoms with Gasteiger partial charge in [0.2, 0.25) is 0 Å². The number of hydrogen-bond acceptors (Lipinski definition) is 2. The molecule has 0 atom stereocenters. The minimum atomic E-state index is -0.670. The van der Waals surface area contributed by atoms with Crippen molar-refractivity contribution in [2.45, 2.75) is 13.2 Å². The Morgan fingerprint density at radius 2 is 1.63 bits per heavy atom. The molecule has 2 aromatic carbocycles. The molecule has 0 fully saturated rings.